The van der Waals surface area contributed by atoms with Crippen molar-refractivity contribution in [1.29, 1.82) is 0 Å². The molecule has 375 valence electrons. The van der Waals surface area contributed by atoms with Crippen LogP contribution in [0.15, 0.2) is 93.5 Å². The number of hydrogen-bond donors (Lipinski definition) is 3. The van der Waals surface area contributed by atoms with Gasteiger partial charge in [-0.25, -0.2) is 49.4 Å². The second-order valence-corrected chi connectivity index (χ2v) is 23.1. The van der Waals surface area contributed by atoms with E-state index in [1.807, 2.05) is 81.3 Å². The van der Waals surface area contributed by atoms with Crippen LogP contribution in [0, 0.1) is 0 Å². The number of nitrogens with one attached hydrogen (secondary N) is 3. The van der Waals surface area contributed by atoms with Crippen LogP contribution in [0.3, 0.4) is 0 Å². The fraction of sp³-hybridized carbons (Fsp3) is 0.319. The van der Waals surface area contributed by atoms with Gasteiger partial charge < -0.3 is 44.6 Å². The summed E-state index contributed by atoms with van der Waals surface area (Å²) >= 11 is 0. The van der Waals surface area contributed by atoms with Crippen LogP contribution in [0.4, 0.5) is 0 Å². The van der Waals surface area contributed by atoms with Gasteiger partial charge >= 0.3 is 17.1 Å². The molecule has 20 nitrogen and oxygen atoms in total. The van der Waals surface area contributed by atoms with Gasteiger partial charge in [0.05, 0.1) is 38.0 Å². The van der Waals surface area contributed by atoms with E-state index in [-0.39, 0.29) is 97.3 Å². The van der Waals surface area contributed by atoms with Gasteiger partial charge in [0.25, 0.3) is 0 Å². The summed E-state index contributed by atoms with van der Waals surface area (Å²) in [6.45, 7) is 2.71. The third kappa shape index (κ3) is 11.1. The minimum Gasteiger partial charge on any atom is -0.357 e. The zero-order chi connectivity index (χ0) is 49.5. The third-order valence-electron chi connectivity index (χ3n) is 11.7. The summed E-state index contributed by atoms with van der Waals surface area (Å²) in [4.78, 5) is 45.1. The molecule has 0 atom stereocenters. The number of nitrogens with zero attached hydrogens (tertiary/aromatic N) is 11. The molecule has 0 unspecified atom stereocenters. The first-order chi connectivity index (χ1) is 33.4. The summed E-state index contributed by atoms with van der Waals surface area (Å²) in [6, 6.07) is 21.1. The SMILES string of the molecule is CN(C)CCCNS(=O)(=O)c1ccc2c(c1)-c1nc-2nc2[n-]c(nc3nc(nc4[n-]c(n1)c1ccccc41)-c1ccc(S(=O)(=O)NCCCN(C)C)cc1-3)c1ccc(S(=O)(=O)NCCCN(C)C)cc21.[Cu+2]. The number of fused-ring (bicyclic) bond motifs is 20. The number of aromatic nitrogens is 8. The van der Waals surface area contributed by atoms with Crippen molar-refractivity contribution in [2.75, 3.05) is 81.6 Å². The molecule has 0 amide bonds. The summed E-state index contributed by atoms with van der Waals surface area (Å²) < 4.78 is 90.4. The predicted molar refractivity (Wildman–Crippen MR) is 269 cm³/mol. The smallest absolute Gasteiger partial charge is 0.357 e. The zero-order valence-corrected chi connectivity index (χ0v) is 43.2. The third-order valence-corrected chi connectivity index (χ3v) is 16.1. The minimum absolute atomic E-state index is 0. The number of sulfonamides is 3. The van der Waals surface area contributed by atoms with Gasteiger partial charge in [0.15, 0.2) is 0 Å². The molecule has 3 N–H and O–H groups in total. The Morgan fingerprint density at radius 2 is 0.732 bits per heavy atom. The first-order valence-corrected chi connectivity index (χ1v) is 27.0. The predicted octanol–water partition coefficient (Wildman–Crippen LogP) is 3.81. The van der Waals surface area contributed by atoms with Crippen LogP contribution in [0.25, 0.3) is 89.7 Å². The maximum Gasteiger partial charge on any atom is 2.00 e. The maximum absolute atomic E-state index is 13.8. The summed E-state index contributed by atoms with van der Waals surface area (Å²) in [7, 11) is -0.472. The Kier molecular flexibility index (Phi) is 15.2. The molecule has 0 aliphatic carbocycles. The maximum atomic E-state index is 13.8. The van der Waals surface area contributed by atoms with Crippen molar-refractivity contribution < 1.29 is 42.3 Å². The van der Waals surface area contributed by atoms with Gasteiger partial charge in [-0.05, 0) is 139 Å². The van der Waals surface area contributed by atoms with E-state index >= 15 is 0 Å². The Balaban J connectivity index is 0.00000676. The van der Waals surface area contributed by atoms with Crippen LogP contribution < -0.4 is 24.1 Å². The molecule has 71 heavy (non-hydrogen) atoms. The Hall–Kier alpha value is -5.63. The van der Waals surface area contributed by atoms with Crippen LogP contribution in [0.1, 0.15) is 19.3 Å². The van der Waals surface area contributed by atoms with E-state index in [0.29, 0.717) is 82.7 Å². The summed E-state index contributed by atoms with van der Waals surface area (Å²) in [5.74, 6) is 0.534. The van der Waals surface area contributed by atoms with Crippen LogP contribution in [-0.2, 0) is 47.1 Å². The topological polar surface area (TPSA) is 254 Å². The van der Waals surface area contributed by atoms with Crippen molar-refractivity contribution >= 4 is 74.2 Å². The number of rotatable bonds is 18. The fourth-order valence-electron chi connectivity index (χ4n) is 8.11. The molecule has 0 fully saturated rings. The summed E-state index contributed by atoms with van der Waals surface area (Å²) in [5.41, 5.74) is 2.31. The van der Waals surface area contributed by atoms with E-state index in [1.165, 1.54) is 36.4 Å². The Morgan fingerprint density at radius 1 is 0.408 bits per heavy atom. The Labute approximate surface area is 422 Å². The molecular weight excluding hydrogens is 1020 g/mol. The Morgan fingerprint density at radius 3 is 1.11 bits per heavy atom. The molecule has 3 aromatic heterocycles. The standard InChI is InChI=1S/C47H52N14O6S3.Cu/c1-59(2)23-9-20-48-68(62,63)29-14-17-34-37(26-29)46-54-42(34)52-40-32-12-7-8-13-33(32)41(51-40)53-45-38-27-30(69(64,65)49-21-10-24-60(3)4)15-18-35(38)43(55-45)57-47-39-28-31(16-19-36(39)44(56-46)58-47)70(66,67)50-22-11-25-61(5)6;/h7-8,12-19,26-28,48-50H,9-11,20-25H2,1-6H3;/q-2;+2. The van der Waals surface area contributed by atoms with E-state index in [1.54, 1.807) is 18.2 Å². The van der Waals surface area contributed by atoms with Crippen LogP contribution >= 0.6 is 0 Å². The van der Waals surface area contributed by atoms with Gasteiger partial charge in [-0.3, -0.25) is 0 Å². The van der Waals surface area contributed by atoms with Gasteiger partial charge in [-0.1, -0.05) is 42.5 Å². The number of hydrogen-bond acceptors (Lipinski definition) is 15. The van der Waals surface area contributed by atoms with E-state index in [4.69, 9.17) is 39.9 Å². The van der Waals surface area contributed by atoms with E-state index in [9.17, 15) is 25.3 Å². The number of benzene rings is 4. The summed E-state index contributed by atoms with van der Waals surface area (Å²) in [5, 5.41) is 1.99. The molecule has 2 aliphatic heterocycles. The molecule has 9 rings (SSSR count). The second-order valence-electron chi connectivity index (χ2n) is 17.8. The normalized spacial score (nSPS) is 12.8. The van der Waals surface area contributed by atoms with Crippen molar-refractivity contribution in [3.8, 4) is 45.6 Å². The average Bonchev–Trinajstić information content (AvgIpc) is 4.05. The van der Waals surface area contributed by atoms with Crippen molar-refractivity contribution in [1.82, 2.24) is 68.7 Å². The molecule has 2 aliphatic rings. The molecule has 1 radical (unpaired) electrons. The molecule has 7 aromatic rings. The minimum atomic E-state index is -4.01. The molecule has 24 heteroatoms. The zero-order valence-electron chi connectivity index (χ0n) is 39.8. The van der Waals surface area contributed by atoms with E-state index < -0.39 is 30.1 Å². The van der Waals surface area contributed by atoms with Crippen LogP contribution in [-0.4, -0.2) is 151 Å². The molecule has 4 aromatic carbocycles. The quantitative estimate of drug-likeness (QED) is 0.0816. The van der Waals surface area contributed by atoms with Crippen molar-refractivity contribution in [2.24, 2.45) is 0 Å². The Bertz CT molecular complexity index is 3650. The molecule has 0 spiro atoms. The largest absolute Gasteiger partial charge is 2.00 e. The van der Waals surface area contributed by atoms with E-state index in [2.05, 4.69) is 14.2 Å². The van der Waals surface area contributed by atoms with Crippen molar-refractivity contribution in [2.45, 2.75) is 33.9 Å². The fourth-order valence-corrected chi connectivity index (χ4v) is 11.4. The second kappa shape index (κ2) is 20.8. The van der Waals surface area contributed by atoms with Crippen LogP contribution in [0.5, 0.6) is 0 Å². The van der Waals surface area contributed by atoms with Gasteiger partial charge in [0.2, 0.25) is 30.1 Å². The summed E-state index contributed by atoms with van der Waals surface area (Å²) in [6.07, 6.45) is 1.77. The van der Waals surface area contributed by atoms with E-state index in [0.717, 1.165) is 0 Å². The van der Waals surface area contributed by atoms with Gasteiger partial charge in [-0.2, -0.15) is 0 Å². The first kappa shape index (κ1) is 51.7. The van der Waals surface area contributed by atoms with Crippen molar-refractivity contribution in [3.63, 3.8) is 0 Å². The van der Waals surface area contributed by atoms with Gasteiger partial charge in [0.1, 0.15) is 0 Å². The molecule has 5 heterocycles. The van der Waals surface area contributed by atoms with Crippen LogP contribution in [0.2, 0.25) is 0 Å². The molecular formula is C47H52CuN14O6S3. The molecule has 8 bridgehead atoms. The molecule has 0 saturated carbocycles. The average molecular weight is 1070 g/mol. The van der Waals surface area contributed by atoms with Crippen molar-refractivity contribution in [3.05, 3.63) is 78.9 Å². The van der Waals surface area contributed by atoms with Gasteiger partial charge in [-0.15, -0.1) is 0 Å². The first-order valence-electron chi connectivity index (χ1n) is 22.5. The molecule has 0 saturated heterocycles. The monoisotopic (exact) mass is 1070 g/mol. The van der Waals surface area contributed by atoms with Gasteiger partial charge in [0, 0.05) is 64.5 Å².